The molecular formula is C21H21BrN2O3. The minimum atomic E-state index is 0.0700. The van der Waals surface area contributed by atoms with E-state index in [4.69, 9.17) is 9.47 Å². The number of fused-ring (bicyclic) bond motifs is 1. The second kappa shape index (κ2) is 8.15. The van der Waals surface area contributed by atoms with Gasteiger partial charge in [0, 0.05) is 43.3 Å². The van der Waals surface area contributed by atoms with Gasteiger partial charge in [0.15, 0.2) is 11.5 Å². The second-order valence-corrected chi connectivity index (χ2v) is 7.59. The van der Waals surface area contributed by atoms with E-state index in [-0.39, 0.29) is 5.91 Å². The molecule has 0 N–H and O–H groups in total. The molecule has 1 amide bonds. The smallest absolute Gasteiger partial charge is 0.246 e. The van der Waals surface area contributed by atoms with E-state index in [2.05, 4.69) is 26.9 Å². The van der Waals surface area contributed by atoms with Gasteiger partial charge in [-0.1, -0.05) is 34.1 Å². The van der Waals surface area contributed by atoms with Crippen LogP contribution in [0.2, 0.25) is 0 Å². The lowest BCUT2D eigenvalue weighted by Gasteiger charge is -2.34. The maximum Gasteiger partial charge on any atom is 0.246 e. The third kappa shape index (κ3) is 4.51. The molecule has 0 aliphatic carbocycles. The zero-order valence-electron chi connectivity index (χ0n) is 14.9. The van der Waals surface area contributed by atoms with Crippen molar-refractivity contribution >= 4 is 27.9 Å². The van der Waals surface area contributed by atoms with Crippen molar-refractivity contribution in [3.8, 4) is 11.5 Å². The van der Waals surface area contributed by atoms with Crippen LogP contribution in [-0.2, 0) is 11.3 Å². The van der Waals surface area contributed by atoms with E-state index >= 15 is 0 Å². The van der Waals surface area contributed by atoms with Gasteiger partial charge in [0.05, 0.1) is 0 Å². The van der Waals surface area contributed by atoms with Crippen LogP contribution in [0.15, 0.2) is 53.0 Å². The lowest BCUT2D eigenvalue weighted by Crippen LogP contribution is -2.47. The van der Waals surface area contributed by atoms with E-state index in [0.29, 0.717) is 6.79 Å². The quantitative estimate of drug-likeness (QED) is 0.698. The summed E-state index contributed by atoms with van der Waals surface area (Å²) >= 11 is 3.41. The minimum absolute atomic E-state index is 0.0700. The number of amides is 1. The number of hydrogen-bond donors (Lipinski definition) is 0. The zero-order chi connectivity index (χ0) is 18.6. The van der Waals surface area contributed by atoms with Crippen LogP contribution in [0.3, 0.4) is 0 Å². The standard InChI is InChI=1S/C21H21BrN2O3/c22-18-5-1-16(2-6-18)4-8-21(25)24-11-9-23(10-12-24)14-17-3-7-19-20(13-17)27-15-26-19/h1-8,13H,9-12,14-15H2/b8-4-. The highest BCUT2D eigenvalue weighted by molar-refractivity contribution is 9.10. The van der Waals surface area contributed by atoms with Gasteiger partial charge >= 0.3 is 0 Å². The summed E-state index contributed by atoms with van der Waals surface area (Å²) in [4.78, 5) is 16.7. The summed E-state index contributed by atoms with van der Waals surface area (Å²) < 4.78 is 11.8. The molecule has 27 heavy (non-hydrogen) atoms. The summed E-state index contributed by atoms with van der Waals surface area (Å²) in [6.45, 7) is 4.38. The first-order valence-electron chi connectivity index (χ1n) is 9.01. The van der Waals surface area contributed by atoms with E-state index in [9.17, 15) is 4.79 Å². The van der Waals surface area contributed by atoms with Gasteiger partial charge in [-0.3, -0.25) is 9.69 Å². The Kier molecular flexibility index (Phi) is 5.45. The number of hydrogen-bond acceptors (Lipinski definition) is 4. The van der Waals surface area contributed by atoms with Crippen LogP contribution in [0, 0.1) is 0 Å². The number of piperazine rings is 1. The van der Waals surface area contributed by atoms with Gasteiger partial charge in [0.1, 0.15) is 0 Å². The third-order valence-electron chi connectivity index (χ3n) is 4.82. The average Bonchev–Trinajstić information content (AvgIpc) is 3.16. The van der Waals surface area contributed by atoms with Crippen molar-refractivity contribution < 1.29 is 14.3 Å². The molecule has 6 heteroatoms. The maximum atomic E-state index is 12.4. The number of ether oxygens (including phenoxy) is 2. The fourth-order valence-electron chi connectivity index (χ4n) is 3.27. The molecule has 1 saturated heterocycles. The van der Waals surface area contributed by atoms with E-state index in [1.165, 1.54) is 5.56 Å². The molecule has 2 aliphatic heterocycles. The van der Waals surface area contributed by atoms with E-state index in [0.717, 1.165) is 54.3 Å². The van der Waals surface area contributed by atoms with Crippen LogP contribution < -0.4 is 9.47 Å². The van der Waals surface area contributed by atoms with Crippen LogP contribution in [0.5, 0.6) is 11.5 Å². The summed E-state index contributed by atoms with van der Waals surface area (Å²) in [7, 11) is 0. The number of rotatable bonds is 4. The van der Waals surface area contributed by atoms with Gasteiger partial charge in [-0.25, -0.2) is 0 Å². The maximum absolute atomic E-state index is 12.4. The van der Waals surface area contributed by atoms with Crippen LogP contribution >= 0.6 is 15.9 Å². The molecule has 0 aromatic heterocycles. The van der Waals surface area contributed by atoms with E-state index in [1.807, 2.05) is 47.4 Å². The van der Waals surface area contributed by atoms with Gasteiger partial charge in [-0.2, -0.15) is 0 Å². The highest BCUT2D eigenvalue weighted by Crippen LogP contribution is 2.32. The molecule has 0 atom stereocenters. The summed E-state index contributed by atoms with van der Waals surface area (Å²) in [5.74, 6) is 1.70. The Balaban J connectivity index is 1.28. The first-order valence-corrected chi connectivity index (χ1v) is 9.80. The molecule has 2 aromatic rings. The molecule has 1 fully saturated rings. The highest BCUT2D eigenvalue weighted by atomic mass is 79.9. The number of carbonyl (C=O) groups is 1. The fraction of sp³-hybridized carbons (Fsp3) is 0.286. The lowest BCUT2D eigenvalue weighted by atomic mass is 10.1. The largest absolute Gasteiger partial charge is 0.454 e. The van der Waals surface area contributed by atoms with Crippen LogP contribution in [-0.4, -0.2) is 48.7 Å². The first kappa shape index (κ1) is 18.1. The number of carbonyl (C=O) groups excluding carboxylic acids is 1. The van der Waals surface area contributed by atoms with Crippen molar-refractivity contribution in [1.29, 1.82) is 0 Å². The molecule has 140 valence electrons. The van der Waals surface area contributed by atoms with Crippen LogP contribution in [0.4, 0.5) is 0 Å². The van der Waals surface area contributed by atoms with Crippen molar-refractivity contribution in [3.05, 3.63) is 64.1 Å². The number of halogens is 1. The Morgan fingerprint density at radius 3 is 2.52 bits per heavy atom. The monoisotopic (exact) mass is 428 g/mol. The van der Waals surface area contributed by atoms with Crippen LogP contribution in [0.25, 0.3) is 6.08 Å². The fourth-order valence-corrected chi connectivity index (χ4v) is 3.54. The first-order chi connectivity index (χ1) is 13.2. The van der Waals surface area contributed by atoms with Gasteiger partial charge in [-0.15, -0.1) is 0 Å². The predicted octanol–water partition coefficient (Wildman–Crippen LogP) is 3.54. The Bertz CT molecular complexity index is 843. The average molecular weight is 429 g/mol. The Morgan fingerprint density at radius 1 is 1.00 bits per heavy atom. The van der Waals surface area contributed by atoms with Gasteiger partial charge in [-0.05, 0) is 41.5 Å². The minimum Gasteiger partial charge on any atom is -0.454 e. The zero-order valence-corrected chi connectivity index (χ0v) is 16.5. The third-order valence-corrected chi connectivity index (χ3v) is 5.34. The summed E-state index contributed by atoms with van der Waals surface area (Å²) in [5.41, 5.74) is 2.22. The summed E-state index contributed by atoms with van der Waals surface area (Å²) in [5, 5.41) is 0. The Morgan fingerprint density at radius 2 is 1.74 bits per heavy atom. The Labute approximate surface area is 167 Å². The topological polar surface area (TPSA) is 42.0 Å². The van der Waals surface area contributed by atoms with Crippen molar-refractivity contribution in [2.45, 2.75) is 6.54 Å². The molecule has 0 spiro atoms. The molecule has 5 nitrogen and oxygen atoms in total. The Hall–Kier alpha value is -2.31. The molecule has 4 rings (SSSR count). The van der Waals surface area contributed by atoms with Crippen molar-refractivity contribution in [2.75, 3.05) is 33.0 Å². The summed E-state index contributed by atoms with van der Waals surface area (Å²) in [6.07, 6.45) is 3.53. The highest BCUT2D eigenvalue weighted by Gasteiger charge is 2.20. The molecule has 0 radical (unpaired) electrons. The van der Waals surface area contributed by atoms with Crippen molar-refractivity contribution in [3.63, 3.8) is 0 Å². The van der Waals surface area contributed by atoms with Crippen molar-refractivity contribution in [1.82, 2.24) is 9.80 Å². The lowest BCUT2D eigenvalue weighted by molar-refractivity contribution is -0.127. The summed E-state index contributed by atoms with van der Waals surface area (Å²) in [6, 6.07) is 14.0. The SMILES string of the molecule is O=C(/C=C\c1ccc(Br)cc1)N1CCN(Cc2ccc3c(c2)OCO3)CC1. The van der Waals surface area contributed by atoms with E-state index in [1.54, 1.807) is 6.08 Å². The van der Waals surface area contributed by atoms with Gasteiger partial charge < -0.3 is 14.4 Å². The van der Waals surface area contributed by atoms with E-state index < -0.39 is 0 Å². The molecule has 0 saturated carbocycles. The molecular weight excluding hydrogens is 408 g/mol. The molecule has 2 heterocycles. The van der Waals surface area contributed by atoms with Crippen molar-refractivity contribution in [2.24, 2.45) is 0 Å². The molecule has 0 unspecified atom stereocenters. The number of nitrogens with zero attached hydrogens (tertiary/aromatic N) is 2. The number of benzene rings is 2. The normalized spacial score (nSPS) is 16.9. The molecule has 0 bridgehead atoms. The predicted molar refractivity (Wildman–Crippen MR) is 108 cm³/mol. The molecule has 2 aliphatic rings. The van der Waals surface area contributed by atoms with Crippen LogP contribution in [0.1, 0.15) is 11.1 Å². The second-order valence-electron chi connectivity index (χ2n) is 6.67. The molecule has 2 aromatic carbocycles. The van der Waals surface area contributed by atoms with Gasteiger partial charge in [0.2, 0.25) is 12.7 Å². The van der Waals surface area contributed by atoms with Gasteiger partial charge in [0.25, 0.3) is 0 Å².